The number of aryl methyl sites for hydroxylation is 2. The highest BCUT2D eigenvalue weighted by atomic mass is 16.5. The molecule has 2 heterocycles. The van der Waals surface area contributed by atoms with Crippen molar-refractivity contribution in [1.82, 2.24) is 0 Å². The molecule has 1 aromatic heterocycles. The number of carbonyl (C=O) groups excluding carboxylic acids is 1. The predicted molar refractivity (Wildman–Crippen MR) is 168 cm³/mol. The lowest BCUT2D eigenvalue weighted by Gasteiger charge is -2.27. The fourth-order valence-corrected chi connectivity index (χ4v) is 5.55. The van der Waals surface area contributed by atoms with E-state index in [1.54, 1.807) is 25.3 Å². The largest absolute Gasteiger partial charge is 0.493 e. The molecular weight excluding hydrogens is 556 g/mol. The number of ether oxygens (including phenoxy) is 4. The second-order valence-corrected chi connectivity index (χ2v) is 10.9. The SMILES string of the molecule is CCCCCCCOc1ccc(C2C(C#N)=C(N)Oc3cc(OC(=O)c4oc5ccc(CC)cc5c4C)ccc32)cc1OC. The highest BCUT2D eigenvalue weighted by Gasteiger charge is 2.32. The van der Waals surface area contributed by atoms with Gasteiger partial charge in [0.05, 0.1) is 19.6 Å². The number of allylic oxidation sites excluding steroid dienone is 1. The minimum atomic E-state index is -0.615. The average molecular weight is 595 g/mol. The number of fused-ring (bicyclic) bond motifs is 2. The Morgan fingerprint density at radius 2 is 1.82 bits per heavy atom. The van der Waals surface area contributed by atoms with Gasteiger partial charge in [-0.25, -0.2) is 4.79 Å². The molecule has 0 amide bonds. The topological polar surface area (TPSA) is 117 Å². The van der Waals surface area contributed by atoms with Gasteiger partial charge in [-0.1, -0.05) is 57.7 Å². The highest BCUT2D eigenvalue weighted by Crippen LogP contribution is 2.45. The van der Waals surface area contributed by atoms with Crippen LogP contribution in [0, 0.1) is 18.3 Å². The first-order chi connectivity index (χ1) is 21.4. The van der Waals surface area contributed by atoms with Gasteiger partial charge in [0.2, 0.25) is 11.6 Å². The number of esters is 1. The Balaban J connectivity index is 1.39. The van der Waals surface area contributed by atoms with Crippen molar-refractivity contribution in [2.45, 2.75) is 65.2 Å². The number of rotatable bonds is 12. The van der Waals surface area contributed by atoms with Crippen LogP contribution in [0.5, 0.6) is 23.0 Å². The molecule has 3 aromatic carbocycles. The summed E-state index contributed by atoms with van der Waals surface area (Å²) in [6, 6.07) is 18.8. The third-order valence-corrected chi connectivity index (χ3v) is 8.02. The fourth-order valence-electron chi connectivity index (χ4n) is 5.55. The quantitative estimate of drug-likeness (QED) is 0.0993. The van der Waals surface area contributed by atoms with Gasteiger partial charge >= 0.3 is 5.97 Å². The van der Waals surface area contributed by atoms with Crippen LogP contribution in [-0.2, 0) is 6.42 Å². The summed E-state index contributed by atoms with van der Waals surface area (Å²) in [6.07, 6.45) is 6.60. The Hall–Kier alpha value is -4.90. The highest BCUT2D eigenvalue weighted by molar-refractivity contribution is 5.97. The molecule has 8 heteroatoms. The number of hydrogen-bond acceptors (Lipinski definition) is 8. The lowest BCUT2D eigenvalue weighted by molar-refractivity contribution is 0.0702. The molecule has 0 fully saturated rings. The van der Waals surface area contributed by atoms with E-state index in [2.05, 4.69) is 19.9 Å². The summed E-state index contributed by atoms with van der Waals surface area (Å²) < 4.78 is 29.1. The Morgan fingerprint density at radius 3 is 2.57 bits per heavy atom. The van der Waals surface area contributed by atoms with Gasteiger partial charge in [-0.05, 0) is 61.2 Å². The fraction of sp³-hybridized carbons (Fsp3) is 0.333. The molecule has 1 aliphatic rings. The molecule has 0 saturated carbocycles. The molecule has 1 aliphatic heterocycles. The molecule has 2 N–H and O–H groups in total. The predicted octanol–water partition coefficient (Wildman–Crippen LogP) is 8.10. The molecule has 0 saturated heterocycles. The number of nitrogens with zero attached hydrogens (tertiary/aromatic N) is 1. The van der Waals surface area contributed by atoms with Crippen LogP contribution in [0.25, 0.3) is 11.0 Å². The Labute approximate surface area is 258 Å². The standard InChI is InChI=1S/C36H38N2O6/c1-5-7-8-9-10-17-41-30-16-12-24(19-32(30)40-4)33-26-14-13-25(20-31(26)44-35(38)28(33)21-37)42-36(39)34-22(3)27-18-23(6-2)11-15-29(27)43-34/h11-16,18-20,33H,5-10,17,38H2,1-4H3. The molecule has 228 valence electrons. The number of unbranched alkanes of at least 4 members (excludes halogenated alkanes) is 4. The molecule has 5 rings (SSSR count). The summed E-state index contributed by atoms with van der Waals surface area (Å²) in [5.41, 5.74) is 10.5. The molecule has 0 radical (unpaired) electrons. The molecule has 1 unspecified atom stereocenters. The zero-order valence-corrected chi connectivity index (χ0v) is 25.7. The molecule has 0 bridgehead atoms. The molecular formula is C36H38N2O6. The van der Waals surface area contributed by atoms with Gasteiger partial charge in [-0.15, -0.1) is 0 Å². The lowest BCUT2D eigenvalue weighted by atomic mass is 9.83. The van der Waals surface area contributed by atoms with Gasteiger partial charge < -0.3 is 29.1 Å². The maximum Gasteiger partial charge on any atom is 0.379 e. The van der Waals surface area contributed by atoms with E-state index in [9.17, 15) is 10.1 Å². The van der Waals surface area contributed by atoms with Crippen molar-refractivity contribution in [3.63, 3.8) is 0 Å². The minimum Gasteiger partial charge on any atom is -0.493 e. The van der Waals surface area contributed by atoms with E-state index in [4.69, 9.17) is 29.1 Å². The molecule has 1 atom stereocenters. The van der Waals surface area contributed by atoms with E-state index in [0.717, 1.165) is 41.3 Å². The number of benzene rings is 3. The second kappa shape index (κ2) is 13.6. The number of nitriles is 1. The van der Waals surface area contributed by atoms with Gasteiger partial charge in [0.1, 0.15) is 28.7 Å². The zero-order chi connectivity index (χ0) is 31.2. The van der Waals surface area contributed by atoms with E-state index < -0.39 is 11.9 Å². The van der Waals surface area contributed by atoms with Gasteiger partial charge in [0.15, 0.2) is 11.5 Å². The van der Waals surface area contributed by atoms with Crippen molar-refractivity contribution in [2.75, 3.05) is 13.7 Å². The Kier molecular flexibility index (Phi) is 9.44. The first-order valence-corrected chi connectivity index (χ1v) is 15.1. The Morgan fingerprint density at radius 1 is 1.00 bits per heavy atom. The smallest absolute Gasteiger partial charge is 0.379 e. The van der Waals surface area contributed by atoms with Crippen molar-refractivity contribution in [3.8, 4) is 29.1 Å². The van der Waals surface area contributed by atoms with Crippen LogP contribution < -0.4 is 24.7 Å². The molecule has 8 nitrogen and oxygen atoms in total. The maximum absolute atomic E-state index is 13.2. The summed E-state index contributed by atoms with van der Waals surface area (Å²) in [5.74, 6) is 0.853. The van der Waals surface area contributed by atoms with E-state index >= 15 is 0 Å². The van der Waals surface area contributed by atoms with E-state index in [-0.39, 0.29) is 23.0 Å². The minimum absolute atomic E-state index is 0.0142. The number of hydrogen-bond donors (Lipinski definition) is 1. The number of nitrogens with two attached hydrogens (primary N) is 1. The summed E-state index contributed by atoms with van der Waals surface area (Å²) in [4.78, 5) is 13.2. The van der Waals surface area contributed by atoms with Gasteiger partial charge in [-0.3, -0.25) is 0 Å². The average Bonchev–Trinajstić information content (AvgIpc) is 3.37. The Bertz CT molecular complexity index is 1750. The maximum atomic E-state index is 13.2. The van der Waals surface area contributed by atoms with Crippen LogP contribution >= 0.6 is 0 Å². The third kappa shape index (κ3) is 6.23. The molecule has 0 spiro atoms. The lowest BCUT2D eigenvalue weighted by Crippen LogP contribution is -2.21. The van der Waals surface area contributed by atoms with Crippen LogP contribution in [0.4, 0.5) is 0 Å². The second-order valence-electron chi connectivity index (χ2n) is 10.9. The van der Waals surface area contributed by atoms with Crippen LogP contribution in [-0.4, -0.2) is 19.7 Å². The third-order valence-electron chi connectivity index (χ3n) is 8.02. The first kappa shape index (κ1) is 30.6. The van der Waals surface area contributed by atoms with Crippen LogP contribution in [0.2, 0.25) is 0 Å². The normalized spacial score (nSPS) is 14.1. The van der Waals surface area contributed by atoms with Crippen molar-refractivity contribution >= 4 is 16.9 Å². The van der Waals surface area contributed by atoms with Crippen molar-refractivity contribution < 1.29 is 28.2 Å². The van der Waals surface area contributed by atoms with E-state index in [1.165, 1.54) is 19.3 Å². The first-order valence-electron chi connectivity index (χ1n) is 15.1. The number of methoxy groups -OCH3 is 1. The van der Waals surface area contributed by atoms with E-state index in [1.807, 2.05) is 43.3 Å². The van der Waals surface area contributed by atoms with Crippen LogP contribution in [0.15, 0.2) is 70.5 Å². The molecule has 44 heavy (non-hydrogen) atoms. The van der Waals surface area contributed by atoms with Gasteiger partial charge in [-0.2, -0.15) is 5.26 Å². The van der Waals surface area contributed by atoms with Crippen LogP contribution in [0.3, 0.4) is 0 Å². The van der Waals surface area contributed by atoms with Gasteiger partial charge in [0.25, 0.3) is 0 Å². The van der Waals surface area contributed by atoms with Crippen molar-refractivity contribution in [1.29, 1.82) is 5.26 Å². The van der Waals surface area contributed by atoms with Crippen LogP contribution in [0.1, 0.15) is 84.7 Å². The molecule has 0 aliphatic carbocycles. The van der Waals surface area contributed by atoms with Crippen molar-refractivity contribution in [3.05, 3.63) is 94.1 Å². The molecule has 4 aromatic rings. The van der Waals surface area contributed by atoms with Crippen molar-refractivity contribution in [2.24, 2.45) is 5.73 Å². The van der Waals surface area contributed by atoms with E-state index in [0.29, 0.717) is 35.0 Å². The summed E-state index contributed by atoms with van der Waals surface area (Å²) in [6.45, 7) is 6.72. The number of carbonyl (C=O) groups is 1. The zero-order valence-electron chi connectivity index (χ0n) is 25.7. The summed E-state index contributed by atoms with van der Waals surface area (Å²) >= 11 is 0. The summed E-state index contributed by atoms with van der Waals surface area (Å²) in [7, 11) is 1.59. The van der Waals surface area contributed by atoms with Gasteiger partial charge in [0, 0.05) is 22.6 Å². The number of furan rings is 1. The monoisotopic (exact) mass is 594 g/mol. The summed E-state index contributed by atoms with van der Waals surface area (Å²) in [5, 5.41) is 10.9.